The van der Waals surface area contributed by atoms with Crippen LogP contribution >= 0.6 is 7.60 Å². The van der Waals surface area contributed by atoms with Gasteiger partial charge in [0.1, 0.15) is 18.5 Å². The van der Waals surface area contributed by atoms with Crippen molar-refractivity contribution in [1.29, 1.82) is 0 Å². The van der Waals surface area contributed by atoms with Crippen LogP contribution in [-0.4, -0.2) is 31.4 Å². The Morgan fingerprint density at radius 3 is 2.86 bits per heavy atom. The molecular weight excluding hydrogens is 207 g/mol. The average Bonchev–Trinajstić information content (AvgIpc) is 2.28. The lowest BCUT2D eigenvalue weighted by atomic mass is 10.3. The van der Waals surface area contributed by atoms with Gasteiger partial charge >= 0.3 is 7.60 Å². The van der Waals surface area contributed by atoms with Gasteiger partial charge in [-0.1, -0.05) is 0 Å². The first-order valence-corrected chi connectivity index (χ1v) is 6.32. The van der Waals surface area contributed by atoms with E-state index in [1.807, 2.05) is 6.92 Å². The van der Waals surface area contributed by atoms with Crippen molar-refractivity contribution in [3.8, 4) is 0 Å². The molecule has 1 N–H and O–H groups in total. The van der Waals surface area contributed by atoms with E-state index in [1.54, 1.807) is 0 Å². The molecule has 6 heteroatoms. The van der Waals surface area contributed by atoms with Gasteiger partial charge < -0.3 is 18.9 Å². The van der Waals surface area contributed by atoms with Crippen LogP contribution < -0.4 is 0 Å². The fourth-order valence-corrected chi connectivity index (χ4v) is 1.85. The predicted molar refractivity (Wildman–Crippen MR) is 50.9 cm³/mol. The molecule has 0 radical (unpaired) electrons. The summed E-state index contributed by atoms with van der Waals surface area (Å²) in [6.07, 6.45) is 0.485. The normalized spacial score (nSPS) is 25.9. The molecule has 0 bridgehead atoms. The Morgan fingerprint density at radius 1 is 1.71 bits per heavy atom. The molecule has 0 saturated carbocycles. The highest BCUT2D eigenvalue weighted by Crippen LogP contribution is 2.43. The zero-order valence-corrected chi connectivity index (χ0v) is 9.41. The standard InChI is InChI=1S/C8H15O5P/c1-6-4-7(13-14(3,9)10)8(12-6)5-11-2/h6H,4-5H2,1-3H3,(H,9,10)/t6-/m0/s1. The van der Waals surface area contributed by atoms with Gasteiger partial charge in [0.2, 0.25) is 0 Å². The highest BCUT2D eigenvalue weighted by molar-refractivity contribution is 7.52. The first kappa shape index (κ1) is 11.6. The zero-order valence-electron chi connectivity index (χ0n) is 8.52. The maximum absolute atomic E-state index is 11.0. The summed E-state index contributed by atoms with van der Waals surface area (Å²) in [6, 6.07) is 0. The third kappa shape index (κ3) is 3.33. The fourth-order valence-electron chi connectivity index (χ4n) is 1.26. The van der Waals surface area contributed by atoms with Crippen LogP contribution in [-0.2, 0) is 18.6 Å². The Hall–Kier alpha value is -0.510. The Morgan fingerprint density at radius 2 is 2.36 bits per heavy atom. The molecule has 0 aromatic rings. The van der Waals surface area contributed by atoms with Gasteiger partial charge in [-0.15, -0.1) is 0 Å². The quantitative estimate of drug-likeness (QED) is 0.730. The summed E-state index contributed by atoms with van der Waals surface area (Å²) in [5, 5.41) is 0. The lowest BCUT2D eigenvalue weighted by molar-refractivity contribution is 0.106. The second-order valence-corrected chi connectivity index (χ2v) is 5.09. The molecule has 0 saturated heterocycles. The second kappa shape index (κ2) is 4.34. The minimum Gasteiger partial charge on any atom is -0.489 e. The molecule has 0 amide bonds. The van der Waals surface area contributed by atoms with Gasteiger partial charge in [0.25, 0.3) is 0 Å². The zero-order chi connectivity index (χ0) is 10.8. The van der Waals surface area contributed by atoms with E-state index in [2.05, 4.69) is 0 Å². The first-order chi connectivity index (χ1) is 6.42. The van der Waals surface area contributed by atoms with E-state index in [9.17, 15) is 4.57 Å². The van der Waals surface area contributed by atoms with Crippen molar-refractivity contribution in [2.75, 3.05) is 20.4 Å². The molecule has 1 aliphatic rings. The summed E-state index contributed by atoms with van der Waals surface area (Å²) < 4.78 is 26.2. The van der Waals surface area contributed by atoms with Crippen molar-refractivity contribution in [2.24, 2.45) is 0 Å². The van der Waals surface area contributed by atoms with E-state index in [4.69, 9.17) is 18.9 Å². The van der Waals surface area contributed by atoms with Crippen molar-refractivity contribution in [3.63, 3.8) is 0 Å². The largest absolute Gasteiger partial charge is 0.489 e. The van der Waals surface area contributed by atoms with E-state index >= 15 is 0 Å². The van der Waals surface area contributed by atoms with Gasteiger partial charge in [0.15, 0.2) is 5.76 Å². The minimum absolute atomic E-state index is 0.0262. The van der Waals surface area contributed by atoms with Crippen molar-refractivity contribution >= 4 is 7.60 Å². The Bertz CT molecular complexity index is 279. The van der Waals surface area contributed by atoms with Gasteiger partial charge in [0, 0.05) is 20.2 Å². The molecule has 0 aromatic carbocycles. The number of rotatable bonds is 4. The molecule has 0 spiro atoms. The summed E-state index contributed by atoms with van der Waals surface area (Å²) in [5.41, 5.74) is 0. The molecule has 82 valence electrons. The molecule has 1 rings (SSSR count). The van der Waals surface area contributed by atoms with Gasteiger partial charge in [-0.2, -0.15) is 0 Å². The molecule has 1 heterocycles. The second-order valence-electron chi connectivity index (χ2n) is 3.31. The van der Waals surface area contributed by atoms with Crippen LogP contribution in [0.2, 0.25) is 0 Å². The highest BCUT2D eigenvalue weighted by atomic mass is 31.2. The molecule has 0 aromatic heterocycles. The summed E-state index contributed by atoms with van der Waals surface area (Å²) in [4.78, 5) is 9.05. The van der Waals surface area contributed by atoms with Crippen LogP contribution in [0.15, 0.2) is 11.5 Å². The van der Waals surface area contributed by atoms with Crippen LogP contribution in [0, 0.1) is 0 Å². The molecule has 14 heavy (non-hydrogen) atoms. The number of hydrogen-bond donors (Lipinski definition) is 1. The average molecular weight is 222 g/mol. The molecule has 2 atom stereocenters. The lowest BCUT2D eigenvalue weighted by Gasteiger charge is -2.09. The number of methoxy groups -OCH3 is 1. The Labute approximate surface area is 83.2 Å². The van der Waals surface area contributed by atoms with E-state index < -0.39 is 7.60 Å². The highest BCUT2D eigenvalue weighted by Gasteiger charge is 2.27. The monoisotopic (exact) mass is 222 g/mol. The first-order valence-electron chi connectivity index (χ1n) is 4.30. The van der Waals surface area contributed by atoms with Gasteiger partial charge in [-0.3, -0.25) is 0 Å². The molecular formula is C8H15O5P. The molecule has 1 unspecified atom stereocenters. The van der Waals surface area contributed by atoms with Crippen LogP contribution in [0.4, 0.5) is 0 Å². The van der Waals surface area contributed by atoms with Crippen molar-refractivity contribution in [2.45, 2.75) is 19.4 Å². The van der Waals surface area contributed by atoms with E-state index in [0.29, 0.717) is 17.9 Å². The molecule has 0 aliphatic carbocycles. The van der Waals surface area contributed by atoms with Crippen LogP contribution in [0.5, 0.6) is 0 Å². The number of hydrogen-bond acceptors (Lipinski definition) is 4. The van der Waals surface area contributed by atoms with Crippen molar-refractivity contribution < 1.29 is 23.5 Å². The summed E-state index contributed by atoms with van der Waals surface area (Å²) in [5.74, 6) is 0.934. The van der Waals surface area contributed by atoms with Gasteiger partial charge in [0.05, 0.1) is 0 Å². The maximum Gasteiger partial charge on any atom is 0.373 e. The summed E-state index contributed by atoms with van der Waals surface area (Å²) in [6.45, 7) is 3.27. The lowest BCUT2D eigenvalue weighted by Crippen LogP contribution is -2.01. The smallest absolute Gasteiger partial charge is 0.373 e. The summed E-state index contributed by atoms with van der Waals surface area (Å²) in [7, 11) is -1.97. The van der Waals surface area contributed by atoms with Crippen molar-refractivity contribution in [1.82, 2.24) is 0 Å². The molecule has 5 nitrogen and oxygen atoms in total. The third-order valence-corrected chi connectivity index (χ3v) is 2.24. The third-order valence-electron chi connectivity index (χ3n) is 1.68. The van der Waals surface area contributed by atoms with Crippen LogP contribution in [0.1, 0.15) is 13.3 Å². The van der Waals surface area contributed by atoms with Gasteiger partial charge in [-0.05, 0) is 6.92 Å². The van der Waals surface area contributed by atoms with E-state index in [0.717, 1.165) is 6.66 Å². The fraction of sp³-hybridized carbons (Fsp3) is 0.750. The topological polar surface area (TPSA) is 65.0 Å². The Kier molecular flexibility index (Phi) is 3.59. The molecule has 0 fully saturated rings. The van der Waals surface area contributed by atoms with Gasteiger partial charge in [-0.25, -0.2) is 4.57 Å². The van der Waals surface area contributed by atoms with E-state index in [1.165, 1.54) is 7.11 Å². The SMILES string of the molecule is COCC1=C(OP(C)(=O)O)C[C@H](C)O1. The minimum atomic E-state index is -3.50. The predicted octanol–water partition coefficient (Wildman–Crippen LogP) is 1.48. The maximum atomic E-state index is 11.0. The van der Waals surface area contributed by atoms with Crippen LogP contribution in [0.25, 0.3) is 0 Å². The summed E-state index contributed by atoms with van der Waals surface area (Å²) >= 11 is 0. The van der Waals surface area contributed by atoms with Crippen LogP contribution in [0.3, 0.4) is 0 Å². The van der Waals surface area contributed by atoms with E-state index in [-0.39, 0.29) is 12.7 Å². The molecule has 1 aliphatic heterocycles. The number of ether oxygens (including phenoxy) is 2. The van der Waals surface area contributed by atoms with Crippen molar-refractivity contribution in [3.05, 3.63) is 11.5 Å². The Balaban J connectivity index is 2.71.